The standard InChI is InChI=1S/C13H20N2O10/c1-22-12-7-9(4-5-11(12)16)13(17)23-6-2-3-10(25-15(20)21)8-24-14(18)19/h4-5,7,10,16,18-21H,2-3,6,8H2,1H3. The number of hydrogen-bond acceptors (Lipinski definition) is 12. The number of esters is 1. The maximum absolute atomic E-state index is 11.9. The minimum atomic E-state index is -0.954. The Morgan fingerprint density at radius 1 is 1.20 bits per heavy atom. The maximum atomic E-state index is 11.9. The van der Waals surface area contributed by atoms with Gasteiger partial charge in [0, 0.05) is 0 Å². The zero-order valence-corrected chi connectivity index (χ0v) is 13.3. The van der Waals surface area contributed by atoms with Crippen molar-refractivity contribution in [1.82, 2.24) is 10.8 Å². The molecule has 0 spiro atoms. The summed E-state index contributed by atoms with van der Waals surface area (Å²) in [6.07, 6.45) is -0.568. The van der Waals surface area contributed by atoms with E-state index >= 15 is 0 Å². The van der Waals surface area contributed by atoms with Crippen LogP contribution in [0.25, 0.3) is 0 Å². The van der Waals surface area contributed by atoms with E-state index in [4.69, 9.17) is 30.3 Å². The second-order valence-corrected chi connectivity index (χ2v) is 4.69. The molecule has 1 unspecified atom stereocenters. The number of nitrogens with zero attached hydrogens (tertiary/aromatic N) is 2. The normalized spacial score (nSPS) is 12.4. The smallest absolute Gasteiger partial charge is 0.338 e. The lowest BCUT2D eigenvalue weighted by atomic mass is 10.2. The van der Waals surface area contributed by atoms with E-state index in [1.807, 2.05) is 0 Å². The summed E-state index contributed by atoms with van der Waals surface area (Å²) >= 11 is 0. The number of carbonyl (C=O) groups excluding carboxylic acids is 1. The minimum Gasteiger partial charge on any atom is -0.504 e. The lowest BCUT2D eigenvalue weighted by Crippen LogP contribution is -2.31. The van der Waals surface area contributed by atoms with E-state index in [1.165, 1.54) is 25.3 Å². The summed E-state index contributed by atoms with van der Waals surface area (Å²) in [6.45, 7) is -0.436. The van der Waals surface area contributed by atoms with Crippen LogP contribution in [0.2, 0.25) is 0 Å². The fraction of sp³-hybridized carbons (Fsp3) is 0.462. The molecule has 25 heavy (non-hydrogen) atoms. The largest absolute Gasteiger partial charge is 0.504 e. The van der Waals surface area contributed by atoms with Crippen molar-refractivity contribution in [1.29, 1.82) is 0 Å². The van der Waals surface area contributed by atoms with Gasteiger partial charge in [0.05, 0.1) is 30.1 Å². The molecule has 0 bridgehead atoms. The molecule has 0 fully saturated rings. The third-order valence-electron chi connectivity index (χ3n) is 2.94. The summed E-state index contributed by atoms with van der Waals surface area (Å²) in [6, 6.07) is 3.99. The number of phenolic OH excluding ortho intramolecular Hbond substituents is 1. The van der Waals surface area contributed by atoms with Crippen LogP contribution in [0.5, 0.6) is 11.5 Å². The molecule has 1 aromatic carbocycles. The molecule has 0 amide bonds. The van der Waals surface area contributed by atoms with Gasteiger partial charge in [-0.05, 0) is 31.0 Å². The van der Waals surface area contributed by atoms with E-state index in [0.717, 1.165) is 0 Å². The average molecular weight is 364 g/mol. The van der Waals surface area contributed by atoms with Gasteiger partial charge in [0.15, 0.2) is 11.5 Å². The Morgan fingerprint density at radius 3 is 2.52 bits per heavy atom. The van der Waals surface area contributed by atoms with Crippen molar-refractivity contribution in [3.8, 4) is 11.5 Å². The number of rotatable bonds is 11. The van der Waals surface area contributed by atoms with Crippen LogP contribution in [0.4, 0.5) is 0 Å². The molecule has 1 aromatic rings. The SMILES string of the molecule is COc1cc(C(=O)OCCCC(CON(O)O)ON(O)O)ccc1O. The number of methoxy groups -OCH3 is 1. The van der Waals surface area contributed by atoms with Crippen molar-refractivity contribution in [3.63, 3.8) is 0 Å². The molecule has 142 valence electrons. The zero-order valence-electron chi connectivity index (χ0n) is 13.3. The van der Waals surface area contributed by atoms with Crippen molar-refractivity contribution in [2.75, 3.05) is 20.3 Å². The summed E-state index contributed by atoms with van der Waals surface area (Å²) in [5.41, 5.74) is 0.180. The van der Waals surface area contributed by atoms with E-state index in [1.54, 1.807) is 0 Å². The van der Waals surface area contributed by atoms with Crippen LogP contribution in [0.15, 0.2) is 18.2 Å². The topological polar surface area (TPSA) is 162 Å². The molecule has 1 atom stereocenters. The van der Waals surface area contributed by atoms with Crippen LogP contribution in [0.1, 0.15) is 23.2 Å². The van der Waals surface area contributed by atoms with Gasteiger partial charge >= 0.3 is 5.97 Å². The Bertz CT molecular complexity index is 540. The Hall–Kier alpha value is -2.03. The Labute approximate surface area is 142 Å². The molecule has 0 saturated heterocycles. The summed E-state index contributed by atoms with van der Waals surface area (Å²) in [5, 5.41) is 42.5. The Kier molecular flexibility index (Phi) is 9.04. The molecule has 0 aliphatic rings. The molecule has 12 nitrogen and oxygen atoms in total. The second-order valence-electron chi connectivity index (χ2n) is 4.69. The van der Waals surface area contributed by atoms with Gasteiger partial charge in [0.25, 0.3) is 0 Å². The summed E-state index contributed by atoms with van der Waals surface area (Å²) < 4.78 is 9.92. The van der Waals surface area contributed by atoms with Crippen LogP contribution < -0.4 is 4.74 Å². The van der Waals surface area contributed by atoms with Gasteiger partial charge in [-0.25, -0.2) is 14.5 Å². The van der Waals surface area contributed by atoms with E-state index in [2.05, 4.69) is 9.68 Å². The maximum Gasteiger partial charge on any atom is 0.338 e. The quantitative estimate of drug-likeness (QED) is 0.213. The highest BCUT2D eigenvalue weighted by atomic mass is 17.1. The Balaban J connectivity index is 2.42. The van der Waals surface area contributed by atoms with Gasteiger partial charge < -0.3 is 14.6 Å². The fourth-order valence-electron chi connectivity index (χ4n) is 1.81. The molecule has 5 N–H and O–H groups in total. The highest BCUT2D eigenvalue weighted by molar-refractivity contribution is 5.90. The van der Waals surface area contributed by atoms with E-state index in [-0.39, 0.29) is 36.5 Å². The number of hydrogen-bond donors (Lipinski definition) is 5. The van der Waals surface area contributed by atoms with E-state index in [0.29, 0.717) is 0 Å². The molecular formula is C13H20N2O10. The molecular weight excluding hydrogens is 344 g/mol. The first kappa shape index (κ1) is 21.0. The lowest BCUT2D eigenvalue weighted by molar-refractivity contribution is -0.527. The van der Waals surface area contributed by atoms with Crippen LogP contribution in [0.3, 0.4) is 0 Å². The zero-order chi connectivity index (χ0) is 18.8. The van der Waals surface area contributed by atoms with Crippen molar-refractivity contribution in [2.24, 2.45) is 0 Å². The number of ether oxygens (including phenoxy) is 2. The molecule has 0 saturated carbocycles. The molecule has 0 aliphatic carbocycles. The summed E-state index contributed by atoms with van der Waals surface area (Å²) in [5.74, 6) is -0.628. The third-order valence-corrected chi connectivity index (χ3v) is 2.94. The van der Waals surface area contributed by atoms with Gasteiger partial charge in [-0.1, -0.05) is 0 Å². The Morgan fingerprint density at radius 2 is 1.92 bits per heavy atom. The molecule has 0 aromatic heterocycles. The first-order chi connectivity index (χ1) is 11.8. The predicted octanol–water partition coefficient (Wildman–Crippen LogP) is 0.730. The minimum absolute atomic E-state index is 0.0271. The second kappa shape index (κ2) is 10.8. The fourth-order valence-corrected chi connectivity index (χ4v) is 1.81. The van der Waals surface area contributed by atoms with Crippen molar-refractivity contribution in [3.05, 3.63) is 23.8 Å². The van der Waals surface area contributed by atoms with E-state index < -0.39 is 29.5 Å². The van der Waals surface area contributed by atoms with E-state index in [9.17, 15) is 9.90 Å². The third kappa shape index (κ3) is 8.06. The molecule has 0 radical (unpaired) electrons. The van der Waals surface area contributed by atoms with Crippen molar-refractivity contribution >= 4 is 5.97 Å². The highest BCUT2D eigenvalue weighted by Gasteiger charge is 2.16. The summed E-state index contributed by atoms with van der Waals surface area (Å²) in [7, 11) is 1.35. The summed E-state index contributed by atoms with van der Waals surface area (Å²) in [4.78, 5) is 20.7. The molecule has 0 aliphatic heterocycles. The van der Waals surface area contributed by atoms with Crippen molar-refractivity contribution in [2.45, 2.75) is 18.9 Å². The van der Waals surface area contributed by atoms with Gasteiger partial charge in [-0.2, -0.15) is 0 Å². The first-order valence-electron chi connectivity index (χ1n) is 7.03. The molecule has 12 heteroatoms. The highest BCUT2D eigenvalue weighted by Crippen LogP contribution is 2.26. The van der Waals surface area contributed by atoms with Crippen LogP contribution in [-0.4, -0.2) is 69.1 Å². The van der Waals surface area contributed by atoms with Gasteiger partial charge in [0.1, 0.15) is 12.7 Å². The molecule has 0 heterocycles. The van der Waals surface area contributed by atoms with Gasteiger partial charge in [-0.15, -0.1) is 0 Å². The van der Waals surface area contributed by atoms with Crippen LogP contribution in [0, 0.1) is 0 Å². The predicted molar refractivity (Wildman–Crippen MR) is 75.8 cm³/mol. The number of carbonyl (C=O) groups is 1. The number of phenols is 1. The number of aromatic hydroxyl groups is 1. The number of benzene rings is 1. The molecule has 1 rings (SSSR count). The van der Waals surface area contributed by atoms with Crippen LogP contribution >= 0.6 is 0 Å². The van der Waals surface area contributed by atoms with Gasteiger partial charge in [0.2, 0.25) is 0 Å². The van der Waals surface area contributed by atoms with Crippen LogP contribution in [-0.2, 0) is 14.4 Å². The average Bonchev–Trinajstić information content (AvgIpc) is 2.55. The first-order valence-corrected chi connectivity index (χ1v) is 7.03. The van der Waals surface area contributed by atoms with Gasteiger partial charge in [-0.3, -0.25) is 20.8 Å². The van der Waals surface area contributed by atoms with Crippen molar-refractivity contribution < 1.29 is 49.9 Å². The lowest BCUT2D eigenvalue weighted by Gasteiger charge is -2.18. The monoisotopic (exact) mass is 364 g/mol.